The number of nitrogens with two attached hydrogens (primary N) is 1. The molecule has 4 rings (SSSR count). The van der Waals surface area contributed by atoms with Crippen molar-refractivity contribution in [2.75, 3.05) is 6.61 Å². The van der Waals surface area contributed by atoms with E-state index >= 15 is 0 Å². The molecule has 1 aliphatic carbocycles. The van der Waals surface area contributed by atoms with Crippen molar-refractivity contribution in [3.05, 3.63) is 95.1 Å². The maximum atomic E-state index is 12.6. The van der Waals surface area contributed by atoms with E-state index in [-0.39, 0.29) is 5.92 Å². The van der Waals surface area contributed by atoms with E-state index in [1.165, 1.54) is 22.3 Å². The molecule has 0 spiro atoms. The van der Waals surface area contributed by atoms with Gasteiger partial charge < -0.3 is 15.8 Å². The molecule has 4 nitrogen and oxygen atoms in total. The summed E-state index contributed by atoms with van der Waals surface area (Å²) in [6.45, 7) is 4.74. The molecular weight excluding hydrogens is 360 g/mol. The average molecular weight is 386 g/mol. The molecule has 1 amide bonds. The lowest BCUT2D eigenvalue weighted by molar-refractivity contribution is 0.133. The second kappa shape index (κ2) is 7.72. The molecule has 0 heterocycles. The number of hydrogen-bond donors (Lipinski definition) is 2. The topological polar surface area (TPSA) is 64.3 Å². The SMILES string of the molecule is CC(C)(NC(=O)OCC1c2ccccc2-c2ccccc21)c1ccc(CN)cc1. The second-order valence-electron chi connectivity index (χ2n) is 7.98. The van der Waals surface area contributed by atoms with Crippen LogP contribution >= 0.6 is 0 Å². The number of carbonyl (C=O) groups excluding carboxylic acids is 1. The molecular formula is C25H26N2O2. The van der Waals surface area contributed by atoms with Crippen LogP contribution in [0.2, 0.25) is 0 Å². The van der Waals surface area contributed by atoms with Gasteiger partial charge in [0.15, 0.2) is 0 Å². The lowest BCUT2D eigenvalue weighted by atomic mass is 9.93. The van der Waals surface area contributed by atoms with E-state index in [9.17, 15) is 4.79 Å². The first-order valence-corrected chi connectivity index (χ1v) is 9.92. The molecule has 0 aliphatic heterocycles. The van der Waals surface area contributed by atoms with E-state index < -0.39 is 11.6 Å². The number of carbonyl (C=O) groups is 1. The van der Waals surface area contributed by atoms with E-state index in [0.29, 0.717) is 13.2 Å². The summed E-state index contributed by atoms with van der Waals surface area (Å²) >= 11 is 0. The van der Waals surface area contributed by atoms with E-state index in [1.807, 2.05) is 62.4 Å². The molecule has 0 saturated carbocycles. The van der Waals surface area contributed by atoms with Crippen molar-refractivity contribution >= 4 is 6.09 Å². The summed E-state index contributed by atoms with van der Waals surface area (Å²) in [6, 6.07) is 24.6. The van der Waals surface area contributed by atoms with Crippen LogP contribution in [-0.4, -0.2) is 12.7 Å². The zero-order valence-corrected chi connectivity index (χ0v) is 16.8. The minimum absolute atomic E-state index is 0.0556. The molecule has 0 atom stereocenters. The Balaban J connectivity index is 1.46. The van der Waals surface area contributed by atoms with Crippen LogP contribution in [-0.2, 0) is 16.8 Å². The van der Waals surface area contributed by atoms with Crippen molar-refractivity contribution < 1.29 is 9.53 Å². The van der Waals surface area contributed by atoms with Crippen LogP contribution in [0.15, 0.2) is 72.8 Å². The molecule has 148 valence electrons. The van der Waals surface area contributed by atoms with Crippen molar-refractivity contribution in [2.24, 2.45) is 5.73 Å². The first-order valence-electron chi connectivity index (χ1n) is 9.92. The summed E-state index contributed by atoms with van der Waals surface area (Å²) in [5.41, 5.74) is 12.0. The largest absolute Gasteiger partial charge is 0.449 e. The number of fused-ring (bicyclic) bond motifs is 3. The summed E-state index contributed by atoms with van der Waals surface area (Å²) < 4.78 is 5.67. The van der Waals surface area contributed by atoms with Gasteiger partial charge in [-0.05, 0) is 47.2 Å². The van der Waals surface area contributed by atoms with E-state index in [2.05, 4.69) is 29.6 Å². The number of ether oxygens (including phenoxy) is 1. The van der Waals surface area contributed by atoms with Gasteiger partial charge in [-0.1, -0.05) is 72.8 Å². The zero-order valence-electron chi connectivity index (χ0n) is 16.8. The van der Waals surface area contributed by atoms with Crippen molar-refractivity contribution in [1.82, 2.24) is 5.32 Å². The Morgan fingerprint density at radius 2 is 1.48 bits per heavy atom. The maximum Gasteiger partial charge on any atom is 0.407 e. The lowest BCUT2D eigenvalue weighted by Gasteiger charge is -2.27. The van der Waals surface area contributed by atoms with Crippen molar-refractivity contribution in [3.8, 4) is 11.1 Å². The molecule has 3 aromatic carbocycles. The van der Waals surface area contributed by atoms with Crippen molar-refractivity contribution in [2.45, 2.75) is 31.8 Å². The summed E-state index contributed by atoms with van der Waals surface area (Å²) in [6.07, 6.45) is -0.417. The second-order valence-corrected chi connectivity index (χ2v) is 7.98. The first-order chi connectivity index (χ1) is 14.0. The highest BCUT2D eigenvalue weighted by Gasteiger charge is 2.30. The molecule has 29 heavy (non-hydrogen) atoms. The van der Waals surface area contributed by atoms with Crippen LogP contribution < -0.4 is 11.1 Å². The van der Waals surface area contributed by atoms with Gasteiger partial charge >= 0.3 is 6.09 Å². The first kappa shape index (κ1) is 19.2. The van der Waals surface area contributed by atoms with Gasteiger partial charge in [-0.2, -0.15) is 0 Å². The number of alkyl carbamates (subject to hydrolysis) is 1. The summed E-state index contributed by atoms with van der Waals surface area (Å²) in [5, 5.41) is 2.99. The molecule has 3 aromatic rings. The fourth-order valence-corrected chi connectivity index (χ4v) is 4.02. The van der Waals surface area contributed by atoms with Crippen LogP contribution in [0, 0.1) is 0 Å². The third kappa shape index (κ3) is 3.76. The van der Waals surface area contributed by atoms with Gasteiger partial charge in [-0.3, -0.25) is 0 Å². The van der Waals surface area contributed by atoms with Gasteiger partial charge in [-0.15, -0.1) is 0 Å². The summed E-state index contributed by atoms with van der Waals surface area (Å²) in [4.78, 5) is 12.6. The molecule has 4 heteroatoms. The van der Waals surface area contributed by atoms with E-state index in [1.54, 1.807) is 0 Å². The number of rotatable bonds is 5. The van der Waals surface area contributed by atoms with Gasteiger partial charge in [0, 0.05) is 12.5 Å². The highest BCUT2D eigenvalue weighted by molar-refractivity contribution is 5.79. The Morgan fingerprint density at radius 1 is 0.931 bits per heavy atom. The van der Waals surface area contributed by atoms with Gasteiger partial charge in [0.2, 0.25) is 0 Å². The smallest absolute Gasteiger partial charge is 0.407 e. The number of hydrogen-bond acceptors (Lipinski definition) is 3. The van der Waals surface area contributed by atoms with Crippen LogP contribution in [0.3, 0.4) is 0 Å². The van der Waals surface area contributed by atoms with Gasteiger partial charge in [0.1, 0.15) is 6.61 Å². The molecule has 0 aromatic heterocycles. The van der Waals surface area contributed by atoms with Crippen LogP contribution in [0.5, 0.6) is 0 Å². The number of amides is 1. The molecule has 1 aliphatic rings. The third-order valence-electron chi connectivity index (χ3n) is 5.67. The quantitative estimate of drug-likeness (QED) is 0.654. The monoisotopic (exact) mass is 386 g/mol. The lowest BCUT2D eigenvalue weighted by Crippen LogP contribution is -2.41. The minimum atomic E-state index is -0.546. The third-order valence-corrected chi connectivity index (χ3v) is 5.67. The Hall–Kier alpha value is -3.11. The highest BCUT2D eigenvalue weighted by atomic mass is 16.5. The van der Waals surface area contributed by atoms with Gasteiger partial charge in [-0.25, -0.2) is 4.79 Å². The normalized spacial score (nSPS) is 12.9. The summed E-state index contributed by atoms with van der Waals surface area (Å²) in [5.74, 6) is 0.0556. The summed E-state index contributed by atoms with van der Waals surface area (Å²) in [7, 11) is 0. The molecule has 0 bridgehead atoms. The minimum Gasteiger partial charge on any atom is -0.449 e. The molecule has 0 saturated heterocycles. The Morgan fingerprint density at radius 3 is 2.03 bits per heavy atom. The number of benzene rings is 3. The number of nitrogens with one attached hydrogen (secondary N) is 1. The average Bonchev–Trinajstić information content (AvgIpc) is 3.06. The molecule has 0 unspecified atom stereocenters. The van der Waals surface area contributed by atoms with Crippen LogP contribution in [0.4, 0.5) is 4.79 Å². The van der Waals surface area contributed by atoms with E-state index in [0.717, 1.165) is 11.1 Å². The fourth-order valence-electron chi connectivity index (χ4n) is 4.02. The van der Waals surface area contributed by atoms with Crippen LogP contribution in [0.1, 0.15) is 42.0 Å². The van der Waals surface area contributed by atoms with Crippen LogP contribution in [0.25, 0.3) is 11.1 Å². The van der Waals surface area contributed by atoms with Gasteiger partial charge in [0.05, 0.1) is 5.54 Å². The Labute approximate surface area is 171 Å². The fraction of sp³-hybridized carbons (Fsp3) is 0.240. The van der Waals surface area contributed by atoms with Crippen molar-refractivity contribution in [3.63, 3.8) is 0 Å². The van der Waals surface area contributed by atoms with Gasteiger partial charge in [0.25, 0.3) is 0 Å². The highest BCUT2D eigenvalue weighted by Crippen LogP contribution is 2.44. The standard InChI is InChI=1S/C25H26N2O2/c1-25(2,18-13-11-17(15-26)12-14-18)27-24(28)29-16-23-21-9-5-3-7-19(21)20-8-4-6-10-22(20)23/h3-14,23H,15-16,26H2,1-2H3,(H,27,28). The Bertz CT molecular complexity index is 980. The predicted molar refractivity (Wildman–Crippen MR) is 116 cm³/mol. The van der Waals surface area contributed by atoms with Crippen molar-refractivity contribution in [1.29, 1.82) is 0 Å². The zero-order chi connectivity index (χ0) is 20.4. The molecule has 0 radical (unpaired) electrons. The molecule has 0 fully saturated rings. The van der Waals surface area contributed by atoms with E-state index in [4.69, 9.17) is 10.5 Å². The maximum absolute atomic E-state index is 12.6. The predicted octanol–water partition coefficient (Wildman–Crippen LogP) is 4.92. The molecule has 3 N–H and O–H groups in total. The Kier molecular flexibility index (Phi) is 5.12.